The van der Waals surface area contributed by atoms with Crippen molar-refractivity contribution in [1.82, 2.24) is 4.90 Å². The molecule has 0 aromatic heterocycles. The van der Waals surface area contributed by atoms with Crippen molar-refractivity contribution in [3.63, 3.8) is 0 Å². The van der Waals surface area contributed by atoms with E-state index in [-0.39, 0.29) is 0 Å². The SMILES string of the molecule is CC(C)C1CCC(CN2C[C@@H]3CCC[C@@]3(C(=O)O)C2)CC1. The largest absolute Gasteiger partial charge is 0.481 e. The highest BCUT2D eigenvalue weighted by Gasteiger charge is 2.54. The van der Waals surface area contributed by atoms with Gasteiger partial charge in [-0.15, -0.1) is 0 Å². The summed E-state index contributed by atoms with van der Waals surface area (Å²) in [6.45, 7) is 7.70. The summed E-state index contributed by atoms with van der Waals surface area (Å²) < 4.78 is 0. The molecule has 3 aliphatic rings. The first-order valence-electron chi connectivity index (χ1n) is 8.97. The lowest BCUT2D eigenvalue weighted by Crippen LogP contribution is -2.37. The first-order valence-corrected chi connectivity index (χ1v) is 8.97. The molecular formula is C18H31NO2. The molecule has 21 heavy (non-hydrogen) atoms. The number of hydrogen-bond acceptors (Lipinski definition) is 2. The molecule has 0 unspecified atom stereocenters. The van der Waals surface area contributed by atoms with Crippen molar-refractivity contribution in [1.29, 1.82) is 0 Å². The van der Waals surface area contributed by atoms with Crippen LogP contribution in [0.4, 0.5) is 0 Å². The fourth-order valence-corrected chi connectivity index (χ4v) is 5.28. The smallest absolute Gasteiger partial charge is 0.311 e. The second-order valence-electron chi connectivity index (χ2n) is 8.27. The van der Waals surface area contributed by atoms with Gasteiger partial charge >= 0.3 is 5.97 Å². The predicted molar refractivity (Wildman–Crippen MR) is 84.1 cm³/mol. The van der Waals surface area contributed by atoms with E-state index in [0.29, 0.717) is 5.92 Å². The summed E-state index contributed by atoms with van der Waals surface area (Å²) in [5, 5.41) is 9.67. The highest BCUT2D eigenvalue weighted by Crippen LogP contribution is 2.49. The number of aliphatic carboxylic acids is 1. The van der Waals surface area contributed by atoms with Crippen LogP contribution in [-0.4, -0.2) is 35.6 Å². The van der Waals surface area contributed by atoms with Crippen LogP contribution in [0.2, 0.25) is 0 Å². The highest BCUT2D eigenvalue weighted by molar-refractivity contribution is 5.76. The fraction of sp³-hybridized carbons (Fsp3) is 0.944. The lowest BCUT2D eigenvalue weighted by atomic mass is 9.77. The Morgan fingerprint density at radius 2 is 1.95 bits per heavy atom. The van der Waals surface area contributed by atoms with E-state index in [1.807, 2.05) is 0 Å². The standard InChI is InChI=1S/C18H31NO2/c1-13(2)15-7-5-14(6-8-15)10-19-11-16-4-3-9-18(16,12-19)17(20)21/h13-16H,3-12H2,1-2H3,(H,20,21)/t14?,15?,16-,18+/m0/s1. The molecular weight excluding hydrogens is 262 g/mol. The van der Waals surface area contributed by atoms with E-state index in [0.717, 1.165) is 56.7 Å². The average molecular weight is 293 g/mol. The van der Waals surface area contributed by atoms with Gasteiger partial charge in [0.15, 0.2) is 0 Å². The molecule has 0 aromatic carbocycles. The Morgan fingerprint density at radius 3 is 2.52 bits per heavy atom. The molecule has 2 saturated carbocycles. The lowest BCUT2D eigenvalue weighted by molar-refractivity contribution is -0.149. The van der Waals surface area contributed by atoms with E-state index < -0.39 is 11.4 Å². The van der Waals surface area contributed by atoms with Gasteiger partial charge in [0.2, 0.25) is 0 Å². The molecule has 0 spiro atoms. The fourth-order valence-electron chi connectivity index (χ4n) is 5.28. The molecule has 3 nitrogen and oxygen atoms in total. The summed E-state index contributed by atoms with van der Waals surface area (Å²) >= 11 is 0. The number of rotatable bonds is 4. The minimum absolute atomic E-state index is 0.394. The second kappa shape index (κ2) is 5.91. The summed E-state index contributed by atoms with van der Waals surface area (Å²) in [6.07, 6.45) is 8.61. The van der Waals surface area contributed by atoms with Crippen molar-refractivity contribution in [3.8, 4) is 0 Å². The van der Waals surface area contributed by atoms with E-state index in [2.05, 4.69) is 18.7 Å². The Labute approximate surface area is 129 Å². The molecule has 0 radical (unpaired) electrons. The highest BCUT2D eigenvalue weighted by atomic mass is 16.4. The van der Waals surface area contributed by atoms with Crippen LogP contribution in [-0.2, 0) is 4.79 Å². The minimum atomic E-state index is -0.531. The Kier molecular flexibility index (Phi) is 4.31. The van der Waals surface area contributed by atoms with Crippen LogP contribution in [0.1, 0.15) is 58.8 Å². The molecule has 0 amide bonds. The maximum Gasteiger partial charge on any atom is 0.311 e. The summed E-state index contributed by atoms with van der Waals surface area (Å²) in [4.78, 5) is 14.2. The van der Waals surface area contributed by atoms with E-state index in [9.17, 15) is 9.90 Å². The number of carboxylic acid groups (broad SMARTS) is 1. The molecule has 0 bridgehead atoms. The maximum atomic E-state index is 11.7. The lowest BCUT2D eigenvalue weighted by Gasteiger charge is -2.33. The van der Waals surface area contributed by atoms with Crippen LogP contribution in [0, 0.1) is 29.1 Å². The third-order valence-electron chi connectivity index (χ3n) is 6.72. The maximum absolute atomic E-state index is 11.7. The zero-order chi connectivity index (χ0) is 15.0. The molecule has 1 heterocycles. The van der Waals surface area contributed by atoms with Crippen molar-refractivity contribution < 1.29 is 9.90 Å². The molecule has 3 heteroatoms. The van der Waals surface area contributed by atoms with Crippen LogP contribution in [0.25, 0.3) is 0 Å². The summed E-state index contributed by atoms with van der Waals surface area (Å²) in [5.41, 5.74) is -0.394. The molecule has 2 aliphatic carbocycles. The third-order valence-corrected chi connectivity index (χ3v) is 6.72. The van der Waals surface area contributed by atoms with Gasteiger partial charge < -0.3 is 10.0 Å². The Morgan fingerprint density at radius 1 is 1.24 bits per heavy atom. The molecule has 1 aliphatic heterocycles. The first kappa shape index (κ1) is 15.3. The van der Waals surface area contributed by atoms with Crippen molar-refractivity contribution in [2.45, 2.75) is 58.8 Å². The summed E-state index contributed by atoms with van der Waals surface area (Å²) in [7, 11) is 0. The molecule has 1 N–H and O–H groups in total. The molecule has 1 saturated heterocycles. The normalized spacial score (nSPS) is 40.6. The Bertz CT molecular complexity index is 387. The molecule has 3 fully saturated rings. The van der Waals surface area contributed by atoms with E-state index in [4.69, 9.17) is 0 Å². The van der Waals surface area contributed by atoms with Crippen molar-refractivity contribution in [2.75, 3.05) is 19.6 Å². The number of nitrogens with zero attached hydrogens (tertiary/aromatic N) is 1. The summed E-state index contributed by atoms with van der Waals surface area (Å²) in [6, 6.07) is 0. The van der Waals surface area contributed by atoms with Crippen molar-refractivity contribution >= 4 is 5.97 Å². The van der Waals surface area contributed by atoms with Gasteiger partial charge in [0.25, 0.3) is 0 Å². The number of carboxylic acids is 1. The van der Waals surface area contributed by atoms with Crippen LogP contribution < -0.4 is 0 Å². The number of likely N-dealkylation sites (tertiary alicyclic amines) is 1. The van der Waals surface area contributed by atoms with Gasteiger partial charge in [-0.3, -0.25) is 4.79 Å². The molecule has 3 rings (SSSR count). The summed E-state index contributed by atoms with van der Waals surface area (Å²) in [5.74, 6) is 2.44. The topological polar surface area (TPSA) is 40.5 Å². The van der Waals surface area contributed by atoms with Crippen LogP contribution in [0.3, 0.4) is 0 Å². The van der Waals surface area contributed by atoms with Crippen LogP contribution in [0.15, 0.2) is 0 Å². The number of carbonyl (C=O) groups is 1. The Balaban J connectivity index is 1.53. The van der Waals surface area contributed by atoms with E-state index >= 15 is 0 Å². The van der Waals surface area contributed by atoms with Gasteiger partial charge in [-0.05, 0) is 62.2 Å². The van der Waals surface area contributed by atoms with Crippen LogP contribution >= 0.6 is 0 Å². The monoisotopic (exact) mass is 293 g/mol. The van der Waals surface area contributed by atoms with E-state index in [1.54, 1.807) is 0 Å². The van der Waals surface area contributed by atoms with Gasteiger partial charge in [-0.1, -0.05) is 20.3 Å². The molecule has 120 valence electrons. The Hall–Kier alpha value is -0.570. The van der Waals surface area contributed by atoms with Gasteiger partial charge in [0.1, 0.15) is 0 Å². The minimum Gasteiger partial charge on any atom is -0.481 e. The van der Waals surface area contributed by atoms with Gasteiger partial charge in [-0.25, -0.2) is 0 Å². The number of fused-ring (bicyclic) bond motifs is 1. The predicted octanol–water partition coefficient (Wildman–Crippen LogP) is 3.64. The molecule has 2 atom stereocenters. The van der Waals surface area contributed by atoms with Gasteiger partial charge in [0, 0.05) is 19.6 Å². The van der Waals surface area contributed by atoms with Gasteiger partial charge in [-0.2, -0.15) is 0 Å². The third kappa shape index (κ3) is 2.86. The van der Waals surface area contributed by atoms with Crippen molar-refractivity contribution in [2.24, 2.45) is 29.1 Å². The van der Waals surface area contributed by atoms with Crippen molar-refractivity contribution in [3.05, 3.63) is 0 Å². The van der Waals surface area contributed by atoms with E-state index in [1.165, 1.54) is 25.7 Å². The quantitative estimate of drug-likeness (QED) is 0.860. The number of hydrogen-bond donors (Lipinski definition) is 1. The van der Waals surface area contributed by atoms with Gasteiger partial charge in [0.05, 0.1) is 5.41 Å². The second-order valence-corrected chi connectivity index (χ2v) is 8.27. The average Bonchev–Trinajstić information content (AvgIpc) is 2.97. The van der Waals surface area contributed by atoms with Crippen LogP contribution in [0.5, 0.6) is 0 Å². The zero-order valence-corrected chi connectivity index (χ0v) is 13.7. The molecule has 0 aromatic rings. The first-order chi connectivity index (χ1) is 10.0. The zero-order valence-electron chi connectivity index (χ0n) is 13.7.